The van der Waals surface area contributed by atoms with Gasteiger partial charge in [0.25, 0.3) is 0 Å². The van der Waals surface area contributed by atoms with Crippen LogP contribution in [0.4, 0.5) is 5.69 Å². The van der Waals surface area contributed by atoms with E-state index < -0.39 is 0 Å². The van der Waals surface area contributed by atoms with Gasteiger partial charge in [-0.3, -0.25) is 0 Å². The van der Waals surface area contributed by atoms with Crippen molar-refractivity contribution in [2.24, 2.45) is 0 Å². The van der Waals surface area contributed by atoms with Crippen LogP contribution in [-0.2, 0) is 9.47 Å². The van der Waals surface area contributed by atoms with E-state index in [0.29, 0.717) is 6.04 Å². The normalized spacial score (nSPS) is 22.8. The van der Waals surface area contributed by atoms with Gasteiger partial charge in [-0.25, -0.2) is 0 Å². The van der Waals surface area contributed by atoms with Gasteiger partial charge in [0.2, 0.25) is 0 Å². The summed E-state index contributed by atoms with van der Waals surface area (Å²) in [6, 6.07) is 7.11. The highest BCUT2D eigenvalue weighted by Gasteiger charge is 2.40. The minimum absolute atomic E-state index is 0.250. The molecule has 1 saturated carbocycles. The van der Waals surface area contributed by atoms with Crippen molar-refractivity contribution in [3.63, 3.8) is 0 Å². The number of anilines is 1. The van der Waals surface area contributed by atoms with Crippen LogP contribution in [0.5, 0.6) is 0 Å². The van der Waals surface area contributed by atoms with Crippen LogP contribution in [0.25, 0.3) is 0 Å². The summed E-state index contributed by atoms with van der Waals surface area (Å²) in [6.45, 7) is 3.66. The highest BCUT2D eigenvalue weighted by Crippen LogP contribution is 2.36. The Bertz CT molecular complexity index is 447. The Morgan fingerprint density at radius 3 is 2.53 bits per heavy atom. The van der Waals surface area contributed by atoms with E-state index in [1.54, 1.807) is 0 Å². The molecule has 0 unspecified atom stereocenters. The van der Waals surface area contributed by atoms with Gasteiger partial charge in [-0.1, -0.05) is 6.07 Å². The first-order valence-electron chi connectivity index (χ1n) is 6.97. The van der Waals surface area contributed by atoms with Gasteiger partial charge in [0.05, 0.1) is 13.2 Å². The molecule has 104 valence electrons. The second-order valence-corrected chi connectivity index (χ2v) is 6.65. The van der Waals surface area contributed by atoms with Crippen LogP contribution in [0.15, 0.2) is 18.2 Å². The van der Waals surface area contributed by atoms with Crippen molar-refractivity contribution < 1.29 is 9.47 Å². The molecule has 0 atom stereocenters. The highest BCUT2D eigenvalue weighted by atomic mass is 127. The maximum atomic E-state index is 5.76. The fraction of sp³-hybridized carbons (Fsp3) is 0.600. The van der Waals surface area contributed by atoms with Gasteiger partial charge in [0, 0.05) is 28.1 Å². The van der Waals surface area contributed by atoms with Gasteiger partial charge >= 0.3 is 0 Å². The second-order valence-electron chi connectivity index (χ2n) is 5.49. The molecule has 1 aliphatic carbocycles. The van der Waals surface area contributed by atoms with E-state index in [0.717, 1.165) is 38.9 Å². The number of hydrogen-bond acceptors (Lipinski definition) is 3. The molecule has 1 heterocycles. The van der Waals surface area contributed by atoms with Gasteiger partial charge in [-0.05, 0) is 60.1 Å². The summed E-state index contributed by atoms with van der Waals surface area (Å²) in [5.74, 6) is -0.250. The van der Waals surface area contributed by atoms with Gasteiger partial charge in [-0.15, -0.1) is 0 Å². The van der Waals surface area contributed by atoms with Crippen molar-refractivity contribution in [1.82, 2.24) is 0 Å². The number of aryl methyl sites for hydroxylation is 1. The zero-order valence-electron chi connectivity index (χ0n) is 11.2. The van der Waals surface area contributed by atoms with Crippen LogP contribution in [0.2, 0.25) is 0 Å². The Kier molecular flexibility index (Phi) is 4.01. The SMILES string of the molecule is Cc1ccc(NC2CCC3(CC2)OCCO3)cc1I. The molecule has 3 rings (SSSR count). The maximum Gasteiger partial charge on any atom is 0.168 e. The van der Waals surface area contributed by atoms with Crippen molar-refractivity contribution in [3.05, 3.63) is 27.3 Å². The average Bonchev–Trinajstić information content (AvgIpc) is 2.86. The Morgan fingerprint density at radius 2 is 1.89 bits per heavy atom. The molecular formula is C15H20INO2. The van der Waals surface area contributed by atoms with Crippen molar-refractivity contribution in [2.45, 2.75) is 44.4 Å². The Morgan fingerprint density at radius 1 is 1.21 bits per heavy atom. The second kappa shape index (κ2) is 5.58. The monoisotopic (exact) mass is 373 g/mol. The highest BCUT2D eigenvalue weighted by molar-refractivity contribution is 14.1. The molecule has 1 spiro atoms. The van der Waals surface area contributed by atoms with Crippen molar-refractivity contribution in [2.75, 3.05) is 18.5 Å². The lowest BCUT2D eigenvalue weighted by Gasteiger charge is -2.36. The summed E-state index contributed by atoms with van der Waals surface area (Å²) in [5.41, 5.74) is 2.56. The minimum Gasteiger partial charge on any atom is -0.382 e. The molecule has 1 N–H and O–H groups in total. The van der Waals surface area contributed by atoms with E-state index in [9.17, 15) is 0 Å². The maximum absolute atomic E-state index is 5.76. The van der Waals surface area contributed by atoms with Crippen LogP contribution in [0.1, 0.15) is 31.2 Å². The van der Waals surface area contributed by atoms with Gasteiger partial charge in [-0.2, -0.15) is 0 Å². The predicted octanol–water partition coefficient (Wildman–Crippen LogP) is 3.70. The van der Waals surface area contributed by atoms with Crippen LogP contribution >= 0.6 is 22.6 Å². The topological polar surface area (TPSA) is 30.5 Å². The van der Waals surface area contributed by atoms with E-state index in [2.05, 4.69) is 53.0 Å². The van der Waals surface area contributed by atoms with Crippen LogP contribution < -0.4 is 5.32 Å². The molecule has 2 aliphatic rings. The molecule has 0 amide bonds. The van der Waals surface area contributed by atoms with E-state index >= 15 is 0 Å². The first-order chi connectivity index (χ1) is 9.17. The number of ether oxygens (including phenoxy) is 2. The number of nitrogens with one attached hydrogen (secondary N) is 1. The molecule has 4 heteroatoms. The van der Waals surface area contributed by atoms with Crippen LogP contribution in [-0.4, -0.2) is 25.0 Å². The van der Waals surface area contributed by atoms with E-state index in [1.165, 1.54) is 14.8 Å². The van der Waals surface area contributed by atoms with Gasteiger partial charge in [0.15, 0.2) is 5.79 Å². The van der Waals surface area contributed by atoms with Crippen molar-refractivity contribution in [1.29, 1.82) is 0 Å². The lowest BCUT2D eigenvalue weighted by molar-refractivity contribution is -0.177. The Hall–Kier alpha value is -0.330. The summed E-state index contributed by atoms with van der Waals surface area (Å²) in [6.07, 6.45) is 4.25. The lowest BCUT2D eigenvalue weighted by atomic mass is 9.90. The molecule has 1 saturated heterocycles. The van der Waals surface area contributed by atoms with Crippen molar-refractivity contribution in [3.8, 4) is 0 Å². The van der Waals surface area contributed by atoms with E-state index in [-0.39, 0.29) is 5.79 Å². The molecule has 1 aliphatic heterocycles. The molecule has 1 aromatic carbocycles. The third-order valence-electron chi connectivity index (χ3n) is 4.10. The molecule has 3 nitrogen and oxygen atoms in total. The molecule has 2 fully saturated rings. The number of halogens is 1. The lowest BCUT2D eigenvalue weighted by Crippen LogP contribution is -2.39. The summed E-state index contributed by atoms with van der Waals surface area (Å²) >= 11 is 2.39. The molecular weight excluding hydrogens is 353 g/mol. The summed E-state index contributed by atoms with van der Waals surface area (Å²) in [7, 11) is 0. The largest absolute Gasteiger partial charge is 0.382 e. The summed E-state index contributed by atoms with van der Waals surface area (Å²) < 4.78 is 12.8. The molecule has 0 bridgehead atoms. The van der Waals surface area contributed by atoms with Crippen LogP contribution in [0.3, 0.4) is 0 Å². The van der Waals surface area contributed by atoms with Crippen LogP contribution in [0, 0.1) is 10.5 Å². The standard InChI is InChI=1S/C15H20INO2/c1-11-2-3-13(10-14(11)16)17-12-4-6-15(7-5-12)18-8-9-19-15/h2-3,10,12,17H,4-9H2,1H3. The zero-order chi connectivity index (χ0) is 13.3. The third-order valence-corrected chi connectivity index (χ3v) is 5.27. The number of hydrogen-bond donors (Lipinski definition) is 1. The van der Waals surface area contributed by atoms with Gasteiger partial charge in [0.1, 0.15) is 0 Å². The fourth-order valence-electron chi connectivity index (χ4n) is 2.91. The molecule has 19 heavy (non-hydrogen) atoms. The Labute approximate surface area is 128 Å². The minimum atomic E-state index is -0.250. The smallest absolute Gasteiger partial charge is 0.168 e. The summed E-state index contributed by atoms with van der Waals surface area (Å²) in [5, 5.41) is 3.64. The van der Waals surface area contributed by atoms with Gasteiger partial charge < -0.3 is 14.8 Å². The van der Waals surface area contributed by atoms with Crippen molar-refractivity contribution >= 4 is 28.3 Å². The molecule has 0 aromatic heterocycles. The Balaban J connectivity index is 1.58. The van der Waals surface area contributed by atoms with E-state index in [1.807, 2.05) is 0 Å². The summed E-state index contributed by atoms with van der Waals surface area (Å²) in [4.78, 5) is 0. The quantitative estimate of drug-likeness (QED) is 0.802. The fourth-order valence-corrected chi connectivity index (χ4v) is 3.42. The molecule has 0 radical (unpaired) electrons. The molecule has 1 aromatic rings. The first kappa shape index (κ1) is 13.6. The average molecular weight is 373 g/mol. The first-order valence-corrected chi connectivity index (χ1v) is 8.05. The third kappa shape index (κ3) is 3.06. The predicted molar refractivity (Wildman–Crippen MR) is 84.4 cm³/mol. The number of rotatable bonds is 2. The van der Waals surface area contributed by atoms with E-state index in [4.69, 9.17) is 9.47 Å². The zero-order valence-corrected chi connectivity index (χ0v) is 13.4. The number of benzene rings is 1.